The van der Waals surface area contributed by atoms with Crippen LogP contribution in [0.3, 0.4) is 0 Å². The highest BCUT2D eigenvalue weighted by atomic mass is 16.5. The van der Waals surface area contributed by atoms with E-state index >= 15 is 0 Å². The Balaban J connectivity index is 2.17. The van der Waals surface area contributed by atoms with Gasteiger partial charge >= 0.3 is 0 Å². The summed E-state index contributed by atoms with van der Waals surface area (Å²) in [6.07, 6.45) is 2.99. The first-order valence-corrected chi connectivity index (χ1v) is 5.44. The molecule has 1 nitrogen and oxygen atoms in total. The number of benzene rings is 1. The lowest BCUT2D eigenvalue weighted by Crippen LogP contribution is -2.06. The Labute approximate surface area is 86.1 Å². The van der Waals surface area contributed by atoms with E-state index in [2.05, 4.69) is 39.0 Å². The van der Waals surface area contributed by atoms with Crippen molar-refractivity contribution in [2.24, 2.45) is 0 Å². The van der Waals surface area contributed by atoms with Gasteiger partial charge in [-0.15, -0.1) is 0 Å². The molecule has 0 unspecified atom stereocenters. The van der Waals surface area contributed by atoms with Gasteiger partial charge in [-0.2, -0.15) is 0 Å². The van der Waals surface area contributed by atoms with E-state index in [9.17, 15) is 0 Å². The molecule has 0 aliphatic heterocycles. The summed E-state index contributed by atoms with van der Waals surface area (Å²) in [5, 5.41) is 0. The molecule has 1 fully saturated rings. The van der Waals surface area contributed by atoms with Crippen LogP contribution in [0.15, 0.2) is 18.2 Å². The van der Waals surface area contributed by atoms with Gasteiger partial charge < -0.3 is 4.74 Å². The Morgan fingerprint density at radius 1 is 1.29 bits per heavy atom. The smallest absolute Gasteiger partial charge is 0.122 e. The zero-order chi connectivity index (χ0) is 10.1. The molecule has 0 heterocycles. The third-order valence-electron chi connectivity index (χ3n) is 2.61. The van der Waals surface area contributed by atoms with E-state index < -0.39 is 0 Å². The molecule has 1 aliphatic rings. The van der Waals surface area contributed by atoms with Gasteiger partial charge in [0, 0.05) is 0 Å². The van der Waals surface area contributed by atoms with Crippen LogP contribution in [-0.2, 0) is 0 Å². The van der Waals surface area contributed by atoms with Crippen LogP contribution in [0.2, 0.25) is 0 Å². The Morgan fingerprint density at radius 3 is 2.50 bits per heavy atom. The molecule has 0 amide bonds. The molecule has 0 bridgehead atoms. The molecule has 1 heteroatoms. The molecule has 0 N–H and O–H groups in total. The highest BCUT2D eigenvalue weighted by Gasteiger charge is 2.23. The predicted octanol–water partition coefficient (Wildman–Crippen LogP) is 3.66. The molecule has 76 valence electrons. The molecule has 0 aromatic heterocycles. The number of rotatable bonds is 3. The number of hydrogen-bond donors (Lipinski definition) is 0. The molecule has 0 spiro atoms. The van der Waals surface area contributed by atoms with Crippen molar-refractivity contribution >= 4 is 0 Å². The molecule has 0 atom stereocenters. The lowest BCUT2D eigenvalue weighted by Gasteiger charge is -2.13. The van der Waals surface area contributed by atoms with Gasteiger partial charge in [0.1, 0.15) is 5.75 Å². The Hall–Kier alpha value is -0.980. The van der Waals surface area contributed by atoms with Crippen molar-refractivity contribution in [2.45, 2.75) is 45.6 Å². The number of hydrogen-bond acceptors (Lipinski definition) is 1. The fraction of sp³-hybridized carbons (Fsp3) is 0.538. The minimum absolute atomic E-state index is 0.264. The minimum Gasteiger partial charge on any atom is -0.491 e. The van der Waals surface area contributed by atoms with Crippen LogP contribution < -0.4 is 4.74 Å². The molecule has 2 rings (SSSR count). The Morgan fingerprint density at radius 2 is 2.00 bits per heavy atom. The van der Waals surface area contributed by atoms with Crippen LogP contribution in [-0.4, -0.2) is 6.10 Å². The molecule has 1 saturated carbocycles. The van der Waals surface area contributed by atoms with Gasteiger partial charge in [-0.1, -0.05) is 12.1 Å². The lowest BCUT2D eigenvalue weighted by atomic mass is 10.1. The van der Waals surface area contributed by atoms with Crippen LogP contribution in [0.5, 0.6) is 5.75 Å². The van der Waals surface area contributed by atoms with E-state index in [0.29, 0.717) is 0 Å². The first-order valence-electron chi connectivity index (χ1n) is 5.44. The highest BCUT2D eigenvalue weighted by molar-refractivity contribution is 5.38. The summed E-state index contributed by atoms with van der Waals surface area (Å²) in [5.41, 5.74) is 2.75. The third-order valence-corrected chi connectivity index (χ3v) is 2.61. The van der Waals surface area contributed by atoms with Crippen molar-refractivity contribution < 1.29 is 4.74 Å². The second-order valence-electron chi connectivity index (χ2n) is 4.47. The summed E-state index contributed by atoms with van der Waals surface area (Å²) in [6.45, 7) is 6.26. The van der Waals surface area contributed by atoms with Crippen molar-refractivity contribution in [1.82, 2.24) is 0 Å². The van der Waals surface area contributed by atoms with Gasteiger partial charge in [-0.3, -0.25) is 0 Å². The predicted molar refractivity (Wildman–Crippen MR) is 58.9 cm³/mol. The molecule has 14 heavy (non-hydrogen) atoms. The van der Waals surface area contributed by atoms with Crippen LogP contribution in [0.4, 0.5) is 0 Å². The van der Waals surface area contributed by atoms with Gasteiger partial charge in [-0.05, 0) is 56.7 Å². The van der Waals surface area contributed by atoms with Crippen LogP contribution >= 0.6 is 0 Å². The topological polar surface area (TPSA) is 9.23 Å². The summed E-state index contributed by atoms with van der Waals surface area (Å²) in [5.74, 6) is 1.87. The normalized spacial score (nSPS) is 16.0. The van der Waals surface area contributed by atoms with Crippen molar-refractivity contribution in [1.29, 1.82) is 0 Å². The van der Waals surface area contributed by atoms with Gasteiger partial charge in [0.25, 0.3) is 0 Å². The largest absolute Gasteiger partial charge is 0.491 e. The molecule has 0 radical (unpaired) electrons. The third kappa shape index (κ3) is 2.09. The fourth-order valence-electron chi connectivity index (χ4n) is 1.73. The van der Waals surface area contributed by atoms with Crippen molar-refractivity contribution in [3.63, 3.8) is 0 Å². The summed E-state index contributed by atoms with van der Waals surface area (Å²) >= 11 is 0. The van der Waals surface area contributed by atoms with E-state index in [4.69, 9.17) is 4.74 Å². The Bertz CT molecular complexity index is 324. The first kappa shape index (κ1) is 9.57. The van der Waals surface area contributed by atoms with Crippen molar-refractivity contribution in [3.05, 3.63) is 29.3 Å². The molecular formula is C13H18O. The summed E-state index contributed by atoms with van der Waals surface area (Å²) in [7, 11) is 0. The molecular weight excluding hydrogens is 172 g/mol. The van der Waals surface area contributed by atoms with Gasteiger partial charge in [0.15, 0.2) is 0 Å². The maximum Gasteiger partial charge on any atom is 0.122 e. The summed E-state index contributed by atoms with van der Waals surface area (Å²) in [6, 6.07) is 6.60. The average Bonchev–Trinajstić information content (AvgIpc) is 2.90. The minimum atomic E-state index is 0.264. The van der Waals surface area contributed by atoms with Gasteiger partial charge in [-0.25, -0.2) is 0 Å². The van der Waals surface area contributed by atoms with Gasteiger partial charge in [0.2, 0.25) is 0 Å². The van der Waals surface area contributed by atoms with E-state index in [1.54, 1.807) is 0 Å². The average molecular weight is 190 g/mol. The standard InChI is InChI=1S/C13H18O/c1-9(2)14-13-7-6-12(8-10(13)3)11-4-5-11/h6-9,11H,4-5H2,1-3H3. The zero-order valence-corrected chi connectivity index (χ0v) is 9.21. The molecule has 0 saturated heterocycles. The van der Waals surface area contributed by atoms with Crippen LogP contribution in [0.25, 0.3) is 0 Å². The first-order chi connectivity index (χ1) is 6.66. The SMILES string of the molecule is Cc1cc(C2CC2)ccc1OC(C)C. The number of aryl methyl sites for hydroxylation is 1. The van der Waals surface area contributed by atoms with E-state index in [0.717, 1.165) is 11.7 Å². The molecule has 1 aromatic rings. The second-order valence-corrected chi connectivity index (χ2v) is 4.47. The highest BCUT2D eigenvalue weighted by Crippen LogP contribution is 2.41. The van der Waals surface area contributed by atoms with E-state index in [-0.39, 0.29) is 6.10 Å². The van der Waals surface area contributed by atoms with E-state index in [1.165, 1.54) is 24.0 Å². The zero-order valence-electron chi connectivity index (χ0n) is 9.21. The summed E-state index contributed by atoms with van der Waals surface area (Å²) < 4.78 is 5.70. The monoisotopic (exact) mass is 190 g/mol. The Kier molecular flexibility index (Phi) is 2.49. The van der Waals surface area contributed by atoms with Crippen molar-refractivity contribution in [3.8, 4) is 5.75 Å². The lowest BCUT2D eigenvalue weighted by molar-refractivity contribution is 0.240. The molecule has 1 aromatic carbocycles. The number of ether oxygens (including phenoxy) is 1. The summed E-state index contributed by atoms with van der Waals surface area (Å²) in [4.78, 5) is 0. The molecule has 1 aliphatic carbocycles. The maximum absolute atomic E-state index is 5.70. The quantitative estimate of drug-likeness (QED) is 0.706. The maximum atomic E-state index is 5.70. The van der Waals surface area contributed by atoms with Gasteiger partial charge in [0.05, 0.1) is 6.10 Å². The van der Waals surface area contributed by atoms with E-state index in [1.807, 2.05) is 0 Å². The van der Waals surface area contributed by atoms with Crippen LogP contribution in [0.1, 0.15) is 43.7 Å². The second kappa shape index (κ2) is 3.64. The fourth-order valence-corrected chi connectivity index (χ4v) is 1.73. The van der Waals surface area contributed by atoms with Crippen molar-refractivity contribution in [2.75, 3.05) is 0 Å². The van der Waals surface area contributed by atoms with Crippen LogP contribution in [0, 0.1) is 6.92 Å².